The van der Waals surface area contributed by atoms with Crippen LogP contribution >= 0.6 is 11.3 Å². The number of likely N-dealkylation sites (N-methyl/N-ethyl adjacent to an activating group) is 2. The molecule has 13 heteroatoms. The van der Waals surface area contributed by atoms with Gasteiger partial charge in [0.2, 0.25) is 17.7 Å². The molecule has 54 heavy (non-hydrogen) atoms. The SMILES string of the molecule is CC[C@H](C)[C@@H]([C@@H](CC(=O)N1CCC[C@H]1[C@H](OC)[C@@H](C)C(O)N[C@@H](Cc1ccccc1)c1nccs1)OC)N(C)C(=O)[C@@H](NC(=O)[C@@H](NC)C(C)C)C(C)C. The number of benzene rings is 1. The standard InChI is InChI=1S/C41H68N6O6S/c1-12-27(6)36(46(9)41(51)35(26(4)5)45-39(50)34(42-8)25(2)3)32(52-10)24-33(48)47-21-16-19-31(47)37(53-11)28(7)38(49)44-30(40-43-20-22-54-40)23-29-17-14-13-15-18-29/h13-15,17-18,20,22,25-28,30-32,34-38,42,44,49H,12,16,19,21,23-24H2,1-11H3,(H,45,50)/t27-,28+,30-,31-,32+,34-,35-,36-,37+,38?/m0/s1. The van der Waals surface area contributed by atoms with Crippen molar-refractivity contribution in [3.8, 4) is 0 Å². The number of methoxy groups -OCH3 is 2. The molecule has 1 saturated heterocycles. The molecule has 12 nitrogen and oxygen atoms in total. The highest BCUT2D eigenvalue weighted by Gasteiger charge is 2.43. The van der Waals surface area contributed by atoms with E-state index in [4.69, 9.17) is 9.47 Å². The van der Waals surface area contributed by atoms with Crippen molar-refractivity contribution in [3.05, 3.63) is 52.5 Å². The molecule has 3 amide bonds. The Balaban J connectivity index is 1.78. The number of hydrogen-bond acceptors (Lipinski definition) is 10. The van der Waals surface area contributed by atoms with E-state index in [9.17, 15) is 19.5 Å². The first-order valence-electron chi connectivity index (χ1n) is 19.7. The molecular formula is C41H68N6O6S. The Morgan fingerprint density at radius 3 is 2.24 bits per heavy atom. The van der Waals surface area contributed by atoms with Crippen molar-refractivity contribution in [3.63, 3.8) is 0 Å². The van der Waals surface area contributed by atoms with Gasteiger partial charge >= 0.3 is 0 Å². The van der Waals surface area contributed by atoms with Crippen LogP contribution in [0.2, 0.25) is 0 Å². The Morgan fingerprint density at radius 1 is 1.04 bits per heavy atom. The summed E-state index contributed by atoms with van der Waals surface area (Å²) in [6.07, 6.45) is 2.87. The van der Waals surface area contributed by atoms with Crippen LogP contribution in [0.4, 0.5) is 0 Å². The normalized spacial score (nSPS) is 19.8. The first-order chi connectivity index (χ1) is 25.7. The highest BCUT2D eigenvalue weighted by atomic mass is 32.1. The van der Waals surface area contributed by atoms with Gasteiger partial charge in [-0.05, 0) is 49.6 Å². The molecule has 0 spiro atoms. The number of aliphatic hydroxyl groups excluding tert-OH is 1. The summed E-state index contributed by atoms with van der Waals surface area (Å²) < 4.78 is 12.1. The summed E-state index contributed by atoms with van der Waals surface area (Å²) in [5, 5.41) is 23.9. The fraction of sp³-hybridized carbons (Fsp3) is 0.707. The molecule has 2 heterocycles. The van der Waals surface area contributed by atoms with Crippen molar-refractivity contribution in [2.75, 3.05) is 34.9 Å². The van der Waals surface area contributed by atoms with Gasteiger partial charge in [0.25, 0.3) is 0 Å². The lowest BCUT2D eigenvalue weighted by atomic mass is 9.89. The van der Waals surface area contributed by atoms with Gasteiger partial charge in [-0.15, -0.1) is 11.3 Å². The smallest absolute Gasteiger partial charge is 0.245 e. The fourth-order valence-electron chi connectivity index (χ4n) is 7.94. The van der Waals surface area contributed by atoms with Gasteiger partial charge in [0, 0.05) is 45.3 Å². The average molecular weight is 773 g/mol. The van der Waals surface area contributed by atoms with Gasteiger partial charge in [-0.25, -0.2) is 4.98 Å². The lowest BCUT2D eigenvalue weighted by Crippen LogP contribution is -2.59. The third-order valence-electron chi connectivity index (χ3n) is 11.3. The lowest BCUT2D eigenvalue weighted by Gasteiger charge is -2.41. The van der Waals surface area contributed by atoms with E-state index in [1.807, 2.05) is 63.1 Å². The monoisotopic (exact) mass is 772 g/mol. The number of amides is 3. The lowest BCUT2D eigenvalue weighted by molar-refractivity contribution is -0.147. The van der Waals surface area contributed by atoms with Gasteiger partial charge in [0.15, 0.2) is 0 Å². The molecule has 0 bridgehead atoms. The number of rotatable bonds is 22. The summed E-state index contributed by atoms with van der Waals surface area (Å²) >= 11 is 1.55. The maximum Gasteiger partial charge on any atom is 0.245 e. The topological polar surface area (TPSA) is 145 Å². The van der Waals surface area contributed by atoms with Crippen LogP contribution in [0.3, 0.4) is 0 Å². The second-order valence-corrected chi connectivity index (χ2v) is 16.6. The number of aromatic nitrogens is 1. The Hall–Kier alpha value is -2.94. The van der Waals surface area contributed by atoms with Crippen molar-refractivity contribution in [1.29, 1.82) is 0 Å². The zero-order valence-corrected chi connectivity index (χ0v) is 35.3. The van der Waals surface area contributed by atoms with Crippen LogP contribution in [0.25, 0.3) is 0 Å². The molecule has 1 aromatic carbocycles. The van der Waals surface area contributed by atoms with E-state index >= 15 is 0 Å². The zero-order valence-electron chi connectivity index (χ0n) is 34.5. The first kappa shape index (κ1) is 45.4. The largest absolute Gasteiger partial charge is 0.379 e. The van der Waals surface area contributed by atoms with Gasteiger partial charge in [0.05, 0.1) is 42.8 Å². The second-order valence-electron chi connectivity index (χ2n) is 15.6. The van der Waals surface area contributed by atoms with Gasteiger partial charge in [0.1, 0.15) is 17.3 Å². The van der Waals surface area contributed by atoms with Crippen LogP contribution in [0.1, 0.15) is 90.8 Å². The Morgan fingerprint density at radius 2 is 1.70 bits per heavy atom. The molecule has 1 fully saturated rings. The summed E-state index contributed by atoms with van der Waals surface area (Å²) in [6, 6.07) is 8.08. The third kappa shape index (κ3) is 11.8. The Kier molecular flexibility index (Phi) is 18.5. The van der Waals surface area contributed by atoms with E-state index in [1.165, 1.54) is 0 Å². The predicted octanol–water partition coefficient (Wildman–Crippen LogP) is 4.64. The van der Waals surface area contributed by atoms with Crippen LogP contribution in [-0.4, -0.2) is 115 Å². The number of carbonyl (C=O) groups excluding carboxylic acids is 3. The molecule has 1 unspecified atom stereocenters. The molecule has 1 aromatic heterocycles. The number of nitrogens with zero attached hydrogens (tertiary/aromatic N) is 3. The van der Waals surface area contributed by atoms with E-state index in [1.54, 1.807) is 50.7 Å². The molecule has 1 aliphatic rings. The first-order valence-corrected chi connectivity index (χ1v) is 20.5. The van der Waals surface area contributed by atoms with Gasteiger partial charge < -0.3 is 35.0 Å². The van der Waals surface area contributed by atoms with Crippen LogP contribution < -0.4 is 16.0 Å². The molecule has 0 saturated carbocycles. The number of nitrogens with one attached hydrogen (secondary N) is 3. The molecule has 0 radical (unpaired) electrons. The number of ether oxygens (including phenoxy) is 2. The van der Waals surface area contributed by atoms with Crippen LogP contribution in [-0.2, 0) is 30.3 Å². The van der Waals surface area contributed by atoms with Crippen LogP contribution in [0.15, 0.2) is 41.9 Å². The molecule has 4 N–H and O–H groups in total. The maximum absolute atomic E-state index is 14.3. The van der Waals surface area contributed by atoms with E-state index in [2.05, 4.69) is 46.9 Å². The summed E-state index contributed by atoms with van der Waals surface area (Å²) in [4.78, 5) is 49.8. The van der Waals surface area contributed by atoms with Gasteiger partial charge in [-0.1, -0.05) is 85.2 Å². The minimum absolute atomic E-state index is 0.00458. The molecular weight excluding hydrogens is 705 g/mol. The number of hydrogen-bond donors (Lipinski definition) is 4. The predicted molar refractivity (Wildman–Crippen MR) is 215 cm³/mol. The average Bonchev–Trinajstić information content (AvgIpc) is 3.87. The van der Waals surface area contributed by atoms with Crippen molar-refractivity contribution in [2.45, 2.75) is 129 Å². The van der Waals surface area contributed by atoms with E-state index in [-0.39, 0.29) is 59.9 Å². The minimum Gasteiger partial charge on any atom is -0.379 e. The quantitative estimate of drug-likeness (QED) is 0.126. The van der Waals surface area contributed by atoms with Crippen LogP contribution in [0, 0.1) is 23.7 Å². The Bertz CT molecular complexity index is 1410. The van der Waals surface area contributed by atoms with Crippen molar-refractivity contribution in [2.24, 2.45) is 23.7 Å². The maximum atomic E-state index is 14.3. The van der Waals surface area contributed by atoms with E-state index in [0.717, 1.165) is 29.8 Å². The molecule has 0 aliphatic carbocycles. The van der Waals surface area contributed by atoms with Gasteiger partial charge in [-0.2, -0.15) is 0 Å². The summed E-state index contributed by atoms with van der Waals surface area (Å²) in [7, 11) is 6.72. The van der Waals surface area contributed by atoms with Crippen LogP contribution in [0.5, 0.6) is 0 Å². The molecule has 2 aromatic rings. The summed E-state index contributed by atoms with van der Waals surface area (Å²) in [5.41, 5.74) is 1.13. The highest BCUT2D eigenvalue weighted by Crippen LogP contribution is 2.31. The highest BCUT2D eigenvalue weighted by molar-refractivity contribution is 7.09. The van der Waals surface area contributed by atoms with Gasteiger partial charge in [-0.3, -0.25) is 19.7 Å². The number of aliphatic hydroxyl groups is 1. The molecule has 1 aliphatic heterocycles. The molecule has 10 atom stereocenters. The number of likely N-dealkylation sites (tertiary alicyclic amines) is 1. The number of carbonyl (C=O) groups is 3. The van der Waals surface area contributed by atoms with Crippen molar-refractivity contribution < 1.29 is 29.0 Å². The van der Waals surface area contributed by atoms with E-state index < -0.39 is 36.6 Å². The van der Waals surface area contributed by atoms with E-state index in [0.29, 0.717) is 13.0 Å². The minimum atomic E-state index is -0.926. The summed E-state index contributed by atoms with van der Waals surface area (Å²) in [6.45, 7) is 14.4. The molecule has 3 rings (SSSR count). The number of thiazole rings is 1. The zero-order chi connectivity index (χ0) is 40.1. The molecule has 304 valence electrons. The van der Waals surface area contributed by atoms with Crippen molar-refractivity contribution >= 4 is 29.1 Å². The second kappa shape index (κ2) is 22.0. The Labute approximate surface area is 328 Å². The summed E-state index contributed by atoms with van der Waals surface area (Å²) in [5.74, 6) is -0.984. The fourth-order valence-corrected chi connectivity index (χ4v) is 8.64. The van der Waals surface area contributed by atoms with Crippen molar-refractivity contribution in [1.82, 2.24) is 30.7 Å². The third-order valence-corrected chi connectivity index (χ3v) is 12.2.